The van der Waals surface area contributed by atoms with E-state index in [2.05, 4.69) is 17.4 Å². The van der Waals surface area contributed by atoms with Crippen LogP contribution in [0.3, 0.4) is 0 Å². The number of aromatic nitrogens is 1. The minimum Gasteiger partial charge on any atom is -0.371 e. The number of hydrogen-bond donors (Lipinski definition) is 1. The Kier molecular flexibility index (Phi) is 2.84. The lowest BCUT2D eigenvalue weighted by atomic mass is 10.1. The van der Waals surface area contributed by atoms with E-state index in [4.69, 9.17) is 9.26 Å². The van der Waals surface area contributed by atoms with Crippen molar-refractivity contribution in [3.05, 3.63) is 17.0 Å². The molecule has 0 bridgehead atoms. The number of aryl methyl sites for hydroxylation is 2. The molecule has 2 heterocycles. The standard InChI is InChI=1S/C10H16N2O2/c1-3-10-9(7(2)12-14-10)6-13-8-4-11-5-8/h8,11H,3-6H2,1-2H3. The van der Waals surface area contributed by atoms with E-state index in [0.29, 0.717) is 12.7 Å². The Morgan fingerprint density at radius 2 is 2.36 bits per heavy atom. The van der Waals surface area contributed by atoms with Crippen LogP contribution in [0.2, 0.25) is 0 Å². The Hall–Kier alpha value is -0.870. The van der Waals surface area contributed by atoms with Gasteiger partial charge in [0.15, 0.2) is 0 Å². The second-order valence-corrected chi connectivity index (χ2v) is 3.61. The summed E-state index contributed by atoms with van der Waals surface area (Å²) >= 11 is 0. The van der Waals surface area contributed by atoms with Crippen LogP contribution in [0.15, 0.2) is 4.52 Å². The summed E-state index contributed by atoms with van der Waals surface area (Å²) in [7, 11) is 0. The molecule has 0 amide bonds. The second kappa shape index (κ2) is 4.11. The SMILES string of the molecule is CCc1onc(C)c1COC1CNC1. The summed E-state index contributed by atoms with van der Waals surface area (Å²) in [4.78, 5) is 0. The Morgan fingerprint density at radius 3 is 2.93 bits per heavy atom. The lowest BCUT2D eigenvalue weighted by Crippen LogP contribution is -2.48. The summed E-state index contributed by atoms with van der Waals surface area (Å²) in [6.45, 7) is 6.58. The molecule has 0 aromatic carbocycles. The van der Waals surface area contributed by atoms with E-state index < -0.39 is 0 Å². The lowest BCUT2D eigenvalue weighted by Gasteiger charge is -2.27. The van der Waals surface area contributed by atoms with Gasteiger partial charge >= 0.3 is 0 Å². The Balaban J connectivity index is 1.95. The molecule has 78 valence electrons. The first kappa shape index (κ1) is 9.68. The smallest absolute Gasteiger partial charge is 0.142 e. The molecule has 4 heteroatoms. The second-order valence-electron chi connectivity index (χ2n) is 3.61. The molecule has 0 radical (unpaired) electrons. The van der Waals surface area contributed by atoms with E-state index in [1.165, 1.54) is 0 Å². The molecule has 2 rings (SSSR count). The van der Waals surface area contributed by atoms with Crippen molar-refractivity contribution in [2.45, 2.75) is 33.0 Å². The van der Waals surface area contributed by atoms with Crippen LogP contribution in [0, 0.1) is 6.92 Å². The fourth-order valence-electron chi connectivity index (χ4n) is 1.48. The zero-order valence-corrected chi connectivity index (χ0v) is 8.67. The highest BCUT2D eigenvalue weighted by atomic mass is 16.5. The van der Waals surface area contributed by atoms with Gasteiger partial charge in [0.05, 0.1) is 18.4 Å². The largest absolute Gasteiger partial charge is 0.371 e. The minimum absolute atomic E-state index is 0.369. The van der Waals surface area contributed by atoms with E-state index in [9.17, 15) is 0 Å². The quantitative estimate of drug-likeness (QED) is 0.781. The van der Waals surface area contributed by atoms with Crippen LogP contribution in [0.25, 0.3) is 0 Å². The van der Waals surface area contributed by atoms with Crippen LogP contribution in [-0.2, 0) is 17.8 Å². The maximum atomic E-state index is 5.68. The maximum Gasteiger partial charge on any atom is 0.142 e. The highest BCUT2D eigenvalue weighted by Gasteiger charge is 2.19. The third-order valence-electron chi connectivity index (χ3n) is 2.59. The average molecular weight is 196 g/mol. The monoisotopic (exact) mass is 196 g/mol. The average Bonchev–Trinajstić information content (AvgIpc) is 2.45. The fraction of sp³-hybridized carbons (Fsp3) is 0.700. The fourth-order valence-corrected chi connectivity index (χ4v) is 1.48. The number of rotatable bonds is 4. The van der Waals surface area contributed by atoms with Crippen molar-refractivity contribution in [3.8, 4) is 0 Å². The Bertz CT molecular complexity index is 305. The summed E-state index contributed by atoms with van der Waals surface area (Å²) in [5, 5.41) is 7.11. The van der Waals surface area contributed by atoms with Crippen molar-refractivity contribution in [1.29, 1.82) is 0 Å². The summed E-state index contributed by atoms with van der Waals surface area (Å²) in [5.74, 6) is 0.954. The van der Waals surface area contributed by atoms with Crippen LogP contribution in [0.4, 0.5) is 0 Å². The molecule has 1 N–H and O–H groups in total. The minimum atomic E-state index is 0.369. The molecule has 1 aliphatic heterocycles. The molecule has 1 saturated heterocycles. The van der Waals surface area contributed by atoms with E-state index in [0.717, 1.165) is 36.5 Å². The maximum absolute atomic E-state index is 5.68. The number of hydrogen-bond acceptors (Lipinski definition) is 4. The molecule has 4 nitrogen and oxygen atoms in total. The van der Waals surface area contributed by atoms with Crippen molar-refractivity contribution in [1.82, 2.24) is 10.5 Å². The van der Waals surface area contributed by atoms with Gasteiger partial charge in [0.2, 0.25) is 0 Å². The number of ether oxygens (including phenoxy) is 1. The zero-order chi connectivity index (χ0) is 9.97. The first-order chi connectivity index (χ1) is 6.81. The zero-order valence-electron chi connectivity index (χ0n) is 8.67. The van der Waals surface area contributed by atoms with Crippen LogP contribution >= 0.6 is 0 Å². The van der Waals surface area contributed by atoms with Crippen molar-refractivity contribution in [2.75, 3.05) is 13.1 Å². The van der Waals surface area contributed by atoms with E-state index in [-0.39, 0.29) is 0 Å². The van der Waals surface area contributed by atoms with Crippen molar-refractivity contribution < 1.29 is 9.26 Å². The van der Waals surface area contributed by atoms with Gasteiger partial charge in [-0.15, -0.1) is 0 Å². The molecule has 1 aliphatic rings. The molecular weight excluding hydrogens is 180 g/mol. The predicted octanol–water partition coefficient (Wildman–Crippen LogP) is 1.03. The molecular formula is C10H16N2O2. The molecule has 0 spiro atoms. The Labute approximate surface area is 83.6 Å². The molecule has 0 unspecified atom stereocenters. The van der Waals surface area contributed by atoms with Gasteiger partial charge in [-0.1, -0.05) is 12.1 Å². The molecule has 14 heavy (non-hydrogen) atoms. The number of nitrogens with zero attached hydrogens (tertiary/aromatic N) is 1. The molecule has 0 aliphatic carbocycles. The van der Waals surface area contributed by atoms with Crippen molar-refractivity contribution in [2.24, 2.45) is 0 Å². The first-order valence-electron chi connectivity index (χ1n) is 5.07. The van der Waals surface area contributed by atoms with E-state index in [1.807, 2.05) is 6.92 Å². The van der Waals surface area contributed by atoms with Gasteiger partial charge in [0.1, 0.15) is 5.76 Å². The highest BCUT2D eigenvalue weighted by Crippen LogP contribution is 2.16. The van der Waals surface area contributed by atoms with Crippen molar-refractivity contribution >= 4 is 0 Å². The van der Waals surface area contributed by atoms with Gasteiger partial charge in [0.25, 0.3) is 0 Å². The van der Waals surface area contributed by atoms with Gasteiger partial charge in [-0.3, -0.25) is 0 Å². The molecule has 0 saturated carbocycles. The van der Waals surface area contributed by atoms with Crippen LogP contribution in [0.5, 0.6) is 0 Å². The van der Waals surface area contributed by atoms with Gasteiger partial charge in [-0.05, 0) is 6.92 Å². The molecule has 1 fully saturated rings. The Morgan fingerprint density at radius 1 is 1.57 bits per heavy atom. The van der Waals surface area contributed by atoms with Gasteiger partial charge in [-0.2, -0.15) is 0 Å². The number of nitrogens with one attached hydrogen (secondary N) is 1. The molecule has 1 aromatic rings. The van der Waals surface area contributed by atoms with Gasteiger partial charge in [0, 0.05) is 25.1 Å². The summed E-state index contributed by atoms with van der Waals surface area (Å²) in [6.07, 6.45) is 1.25. The topological polar surface area (TPSA) is 47.3 Å². The van der Waals surface area contributed by atoms with Crippen LogP contribution in [0.1, 0.15) is 23.9 Å². The predicted molar refractivity (Wildman–Crippen MR) is 52.1 cm³/mol. The van der Waals surface area contributed by atoms with Crippen molar-refractivity contribution in [3.63, 3.8) is 0 Å². The summed E-state index contributed by atoms with van der Waals surface area (Å²) in [5.41, 5.74) is 2.08. The third kappa shape index (κ3) is 1.81. The highest BCUT2D eigenvalue weighted by molar-refractivity contribution is 5.20. The molecule has 0 atom stereocenters. The van der Waals surface area contributed by atoms with E-state index >= 15 is 0 Å². The normalized spacial score (nSPS) is 17.0. The molecule has 1 aromatic heterocycles. The van der Waals surface area contributed by atoms with Crippen LogP contribution in [-0.4, -0.2) is 24.4 Å². The summed E-state index contributed by atoms with van der Waals surface area (Å²) < 4.78 is 10.9. The van der Waals surface area contributed by atoms with Gasteiger partial charge in [-0.25, -0.2) is 0 Å². The third-order valence-corrected chi connectivity index (χ3v) is 2.59. The lowest BCUT2D eigenvalue weighted by molar-refractivity contribution is 0.00682. The van der Waals surface area contributed by atoms with E-state index in [1.54, 1.807) is 0 Å². The van der Waals surface area contributed by atoms with Crippen LogP contribution < -0.4 is 5.32 Å². The van der Waals surface area contributed by atoms with Gasteiger partial charge < -0.3 is 14.6 Å². The first-order valence-corrected chi connectivity index (χ1v) is 5.07. The summed E-state index contributed by atoms with van der Waals surface area (Å²) in [6, 6.07) is 0.